The Labute approximate surface area is 134 Å². The first kappa shape index (κ1) is 15.7. The Hall–Kier alpha value is -1.22. The number of nitrogens with one attached hydrogen (secondary N) is 1. The summed E-state index contributed by atoms with van der Waals surface area (Å²) in [7, 11) is 0. The van der Waals surface area contributed by atoms with Gasteiger partial charge in [-0.2, -0.15) is 0 Å². The van der Waals surface area contributed by atoms with Gasteiger partial charge in [0, 0.05) is 0 Å². The molecule has 22 heavy (non-hydrogen) atoms. The number of hydrogen-bond acceptors (Lipinski definition) is 3. The van der Waals surface area contributed by atoms with E-state index in [1.54, 1.807) is 0 Å². The molecule has 0 aromatic heterocycles. The van der Waals surface area contributed by atoms with Gasteiger partial charge in [-0.25, -0.2) is 0 Å². The smallest absolute Gasteiger partial charge is 0.231 e. The molecule has 3 nitrogen and oxygen atoms in total. The lowest BCUT2D eigenvalue weighted by molar-refractivity contribution is 0.174. The van der Waals surface area contributed by atoms with Crippen LogP contribution in [0.2, 0.25) is 0 Å². The second-order valence-corrected chi connectivity index (χ2v) is 7.28. The zero-order valence-electron chi connectivity index (χ0n) is 13.9. The lowest BCUT2D eigenvalue weighted by atomic mass is 9.83. The summed E-state index contributed by atoms with van der Waals surface area (Å²) in [5.74, 6) is 4.26. The molecule has 1 aliphatic heterocycles. The largest absolute Gasteiger partial charge is 0.454 e. The van der Waals surface area contributed by atoms with E-state index in [-0.39, 0.29) is 0 Å². The first-order valence-electron chi connectivity index (χ1n) is 8.80. The molecule has 2 aliphatic rings. The summed E-state index contributed by atoms with van der Waals surface area (Å²) < 4.78 is 10.8. The van der Waals surface area contributed by atoms with Gasteiger partial charge in [0.15, 0.2) is 11.5 Å². The van der Waals surface area contributed by atoms with Crippen LogP contribution in [-0.4, -0.2) is 19.9 Å². The number of benzene rings is 1. The van der Waals surface area contributed by atoms with Gasteiger partial charge in [0.1, 0.15) is 0 Å². The van der Waals surface area contributed by atoms with Crippen molar-refractivity contribution in [2.24, 2.45) is 17.8 Å². The fourth-order valence-electron chi connectivity index (χ4n) is 3.61. The van der Waals surface area contributed by atoms with Gasteiger partial charge in [-0.1, -0.05) is 32.8 Å². The van der Waals surface area contributed by atoms with Crippen LogP contribution in [0.3, 0.4) is 0 Å². The van der Waals surface area contributed by atoms with Crippen LogP contribution in [0, 0.1) is 17.8 Å². The summed E-state index contributed by atoms with van der Waals surface area (Å²) in [6, 6.07) is 6.31. The van der Waals surface area contributed by atoms with E-state index in [1.165, 1.54) is 37.8 Å². The van der Waals surface area contributed by atoms with Crippen LogP contribution in [0.5, 0.6) is 11.5 Å². The topological polar surface area (TPSA) is 30.5 Å². The fourth-order valence-corrected chi connectivity index (χ4v) is 3.61. The van der Waals surface area contributed by atoms with Gasteiger partial charge in [0.05, 0.1) is 0 Å². The molecule has 3 heteroatoms. The van der Waals surface area contributed by atoms with Gasteiger partial charge in [0.2, 0.25) is 6.79 Å². The maximum Gasteiger partial charge on any atom is 0.231 e. The van der Waals surface area contributed by atoms with Crippen molar-refractivity contribution in [1.29, 1.82) is 0 Å². The molecule has 1 heterocycles. The summed E-state index contributed by atoms with van der Waals surface area (Å²) in [5.41, 5.74) is 1.34. The van der Waals surface area contributed by atoms with Crippen molar-refractivity contribution in [2.45, 2.75) is 46.0 Å². The summed E-state index contributed by atoms with van der Waals surface area (Å²) in [6.45, 7) is 7.35. The molecule has 0 radical (unpaired) electrons. The van der Waals surface area contributed by atoms with Crippen LogP contribution in [0.4, 0.5) is 0 Å². The standard InChI is InChI=1S/C19H29NO2/c1-14-3-5-16(6-4-14)12-20-11-15(2)9-17-7-8-18-19(10-17)22-13-21-18/h7-8,10,14-16,20H,3-6,9,11-13H2,1-2H3. The minimum atomic E-state index is 0.357. The van der Waals surface area contributed by atoms with E-state index in [2.05, 4.69) is 31.3 Å². The third kappa shape index (κ3) is 4.16. The van der Waals surface area contributed by atoms with Crippen LogP contribution in [0.25, 0.3) is 0 Å². The highest BCUT2D eigenvalue weighted by atomic mass is 16.7. The molecule has 0 amide bonds. The molecule has 1 unspecified atom stereocenters. The van der Waals surface area contributed by atoms with Crippen LogP contribution < -0.4 is 14.8 Å². The zero-order chi connectivity index (χ0) is 15.4. The fraction of sp³-hybridized carbons (Fsp3) is 0.684. The second-order valence-electron chi connectivity index (χ2n) is 7.28. The molecular weight excluding hydrogens is 274 g/mol. The molecule has 1 atom stereocenters. The lowest BCUT2D eigenvalue weighted by Gasteiger charge is -2.26. The highest BCUT2D eigenvalue weighted by molar-refractivity contribution is 5.44. The molecule has 1 N–H and O–H groups in total. The normalized spacial score (nSPS) is 25.2. The molecule has 1 aromatic carbocycles. The first-order valence-corrected chi connectivity index (χ1v) is 8.80. The van der Waals surface area contributed by atoms with E-state index in [0.717, 1.165) is 36.3 Å². The van der Waals surface area contributed by atoms with Gasteiger partial charge in [-0.15, -0.1) is 0 Å². The average molecular weight is 303 g/mol. The lowest BCUT2D eigenvalue weighted by Crippen LogP contribution is -2.29. The molecule has 122 valence electrons. The van der Waals surface area contributed by atoms with Crippen molar-refractivity contribution in [3.05, 3.63) is 23.8 Å². The van der Waals surface area contributed by atoms with E-state index in [0.29, 0.717) is 12.7 Å². The van der Waals surface area contributed by atoms with E-state index in [4.69, 9.17) is 9.47 Å². The predicted octanol–water partition coefficient (Wildman–Crippen LogP) is 4.01. The summed E-state index contributed by atoms with van der Waals surface area (Å²) in [6.07, 6.45) is 6.74. The Bertz CT molecular complexity index is 480. The SMILES string of the molecule is CC1CCC(CNCC(C)Cc2ccc3c(c2)OCO3)CC1. The third-order valence-electron chi connectivity index (χ3n) is 5.08. The van der Waals surface area contributed by atoms with Crippen LogP contribution in [0.15, 0.2) is 18.2 Å². The minimum Gasteiger partial charge on any atom is -0.454 e. The Balaban J connectivity index is 1.38. The van der Waals surface area contributed by atoms with Crippen molar-refractivity contribution >= 4 is 0 Å². The molecule has 1 fully saturated rings. The third-order valence-corrected chi connectivity index (χ3v) is 5.08. The molecule has 1 aromatic rings. The molecule has 3 rings (SSSR count). The van der Waals surface area contributed by atoms with Crippen molar-refractivity contribution < 1.29 is 9.47 Å². The van der Waals surface area contributed by atoms with Gasteiger partial charge in [0.25, 0.3) is 0 Å². The number of rotatable bonds is 6. The van der Waals surface area contributed by atoms with E-state index in [9.17, 15) is 0 Å². The zero-order valence-corrected chi connectivity index (χ0v) is 13.9. The quantitative estimate of drug-likeness (QED) is 0.861. The predicted molar refractivity (Wildman–Crippen MR) is 89.4 cm³/mol. The maximum atomic E-state index is 5.45. The first-order chi connectivity index (χ1) is 10.7. The Morgan fingerprint density at radius 2 is 1.91 bits per heavy atom. The van der Waals surface area contributed by atoms with Gasteiger partial charge in [-0.05, 0) is 67.8 Å². The monoisotopic (exact) mass is 303 g/mol. The Kier molecular flexibility index (Phi) is 5.24. The Morgan fingerprint density at radius 1 is 1.14 bits per heavy atom. The van der Waals surface area contributed by atoms with Crippen molar-refractivity contribution in [3.8, 4) is 11.5 Å². The number of ether oxygens (including phenoxy) is 2. The molecule has 1 saturated carbocycles. The molecular formula is C19H29NO2. The van der Waals surface area contributed by atoms with Crippen molar-refractivity contribution in [1.82, 2.24) is 5.32 Å². The summed E-state index contributed by atoms with van der Waals surface area (Å²) >= 11 is 0. The molecule has 0 spiro atoms. The molecule has 0 bridgehead atoms. The molecule has 0 saturated heterocycles. The maximum absolute atomic E-state index is 5.45. The number of hydrogen-bond donors (Lipinski definition) is 1. The van der Waals surface area contributed by atoms with Crippen LogP contribution in [-0.2, 0) is 6.42 Å². The van der Waals surface area contributed by atoms with E-state index < -0.39 is 0 Å². The Morgan fingerprint density at radius 3 is 2.73 bits per heavy atom. The highest BCUT2D eigenvalue weighted by Crippen LogP contribution is 2.33. The summed E-state index contributed by atoms with van der Waals surface area (Å²) in [5, 5.41) is 3.69. The summed E-state index contributed by atoms with van der Waals surface area (Å²) in [4.78, 5) is 0. The van der Waals surface area contributed by atoms with E-state index in [1.807, 2.05) is 6.07 Å². The second kappa shape index (κ2) is 7.36. The number of fused-ring (bicyclic) bond motifs is 1. The van der Waals surface area contributed by atoms with Crippen LogP contribution in [0.1, 0.15) is 45.1 Å². The highest BCUT2D eigenvalue weighted by Gasteiger charge is 2.18. The van der Waals surface area contributed by atoms with Crippen molar-refractivity contribution in [2.75, 3.05) is 19.9 Å². The van der Waals surface area contributed by atoms with Crippen molar-refractivity contribution in [3.63, 3.8) is 0 Å². The minimum absolute atomic E-state index is 0.357. The van der Waals surface area contributed by atoms with E-state index >= 15 is 0 Å². The average Bonchev–Trinajstić information content (AvgIpc) is 2.97. The van der Waals surface area contributed by atoms with Crippen LogP contribution >= 0.6 is 0 Å². The molecule has 1 aliphatic carbocycles. The van der Waals surface area contributed by atoms with Gasteiger partial charge >= 0.3 is 0 Å². The van der Waals surface area contributed by atoms with Gasteiger partial charge in [-0.3, -0.25) is 0 Å². The van der Waals surface area contributed by atoms with Gasteiger partial charge < -0.3 is 14.8 Å².